The lowest BCUT2D eigenvalue weighted by atomic mass is 9.68. The van der Waals surface area contributed by atoms with Gasteiger partial charge in [-0.3, -0.25) is 14.4 Å². The van der Waals surface area contributed by atoms with E-state index in [1.165, 1.54) is 11.5 Å². The number of benzene rings is 2. The highest BCUT2D eigenvalue weighted by molar-refractivity contribution is 5.96. The normalized spacial score (nSPS) is 27.6. The van der Waals surface area contributed by atoms with Gasteiger partial charge in [0.2, 0.25) is 5.79 Å². The van der Waals surface area contributed by atoms with Crippen LogP contribution in [0.1, 0.15) is 59.2 Å². The summed E-state index contributed by atoms with van der Waals surface area (Å²) in [7, 11) is 0. The first kappa shape index (κ1) is 22.5. The highest BCUT2D eigenvalue weighted by Crippen LogP contribution is 2.58. The van der Waals surface area contributed by atoms with Gasteiger partial charge in [-0.25, -0.2) is 5.06 Å². The monoisotopic (exact) mass is 474 g/mol. The van der Waals surface area contributed by atoms with Crippen molar-refractivity contribution in [3.05, 3.63) is 83.6 Å². The van der Waals surface area contributed by atoms with Crippen LogP contribution in [0.3, 0.4) is 0 Å². The Morgan fingerprint density at radius 1 is 0.857 bits per heavy atom. The Hall–Kier alpha value is -3.00. The molecule has 2 atom stereocenters. The van der Waals surface area contributed by atoms with E-state index in [0.717, 1.165) is 31.4 Å². The van der Waals surface area contributed by atoms with Gasteiger partial charge in [-0.15, -0.1) is 0 Å². The number of hydrogen-bond acceptors (Lipinski definition) is 5. The molecular formula is C28H30N2O5. The smallest absolute Gasteiger partial charge is 0.277 e. The molecule has 2 aromatic rings. The van der Waals surface area contributed by atoms with E-state index in [0.29, 0.717) is 30.8 Å². The van der Waals surface area contributed by atoms with Crippen molar-refractivity contribution in [3.8, 4) is 0 Å². The van der Waals surface area contributed by atoms with E-state index in [4.69, 9.17) is 14.3 Å². The quantitative estimate of drug-likeness (QED) is 0.718. The molecule has 1 saturated carbocycles. The number of hydroxylamine groups is 2. The summed E-state index contributed by atoms with van der Waals surface area (Å²) in [6, 6.07) is 17.8. The molecule has 2 amide bonds. The summed E-state index contributed by atoms with van der Waals surface area (Å²) in [6.45, 7) is 0.891. The second-order valence-corrected chi connectivity index (χ2v) is 9.79. The molecule has 182 valence electrons. The van der Waals surface area contributed by atoms with Gasteiger partial charge in [0.05, 0.1) is 13.2 Å². The van der Waals surface area contributed by atoms with Crippen molar-refractivity contribution in [3.63, 3.8) is 0 Å². The van der Waals surface area contributed by atoms with E-state index in [9.17, 15) is 9.59 Å². The van der Waals surface area contributed by atoms with E-state index in [2.05, 4.69) is 5.32 Å². The molecule has 7 heteroatoms. The third-order valence-corrected chi connectivity index (χ3v) is 7.78. The van der Waals surface area contributed by atoms with E-state index in [1.54, 1.807) is 24.3 Å². The second kappa shape index (κ2) is 8.90. The van der Waals surface area contributed by atoms with Gasteiger partial charge in [-0.1, -0.05) is 55.7 Å². The van der Waals surface area contributed by atoms with Crippen LogP contribution in [-0.2, 0) is 14.3 Å². The predicted octanol–water partition coefficient (Wildman–Crippen LogP) is 4.22. The largest absolute Gasteiger partial charge is 0.343 e. The number of nitrogens with zero attached hydrogens (tertiary/aromatic N) is 1. The first-order chi connectivity index (χ1) is 17.1. The first-order valence-corrected chi connectivity index (χ1v) is 12.6. The van der Waals surface area contributed by atoms with Gasteiger partial charge in [0.25, 0.3) is 11.8 Å². The summed E-state index contributed by atoms with van der Waals surface area (Å²) < 4.78 is 12.8. The maximum absolute atomic E-state index is 13.7. The molecular weight excluding hydrogens is 444 g/mol. The topological polar surface area (TPSA) is 77.1 Å². The molecule has 2 aliphatic heterocycles. The minimum Gasteiger partial charge on any atom is -0.343 e. The van der Waals surface area contributed by atoms with Gasteiger partial charge in [-0.2, -0.15) is 0 Å². The molecule has 1 N–H and O–H groups in total. The fourth-order valence-corrected chi connectivity index (χ4v) is 6.22. The summed E-state index contributed by atoms with van der Waals surface area (Å²) >= 11 is 0. The number of rotatable bonds is 4. The molecule has 2 aromatic carbocycles. The zero-order chi connectivity index (χ0) is 23.9. The lowest BCUT2D eigenvalue weighted by Gasteiger charge is -2.47. The number of carbonyl (C=O) groups excluding carboxylic acids is 2. The number of nitrogens with one attached hydrogen (secondary N) is 1. The van der Waals surface area contributed by atoms with Crippen molar-refractivity contribution in [2.24, 2.45) is 5.92 Å². The van der Waals surface area contributed by atoms with Crippen molar-refractivity contribution in [1.82, 2.24) is 10.4 Å². The lowest BCUT2D eigenvalue weighted by Crippen LogP contribution is -2.63. The summed E-state index contributed by atoms with van der Waals surface area (Å²) in [6.07, 6.45) is 7.61. The van der Waals surface area contributed by atoms with Crippen molar-refractivity contribution < 1.29 is 23.9 Å². The molecule has 0 aromatic heterocycles. The van der Waals surface area contributed by atoms with E-state index < -0.39 is 17.4 Å². The Bertz CT molecular complexity index is 1120. The van der Waals surface area contributed by atoms with Crippen LogP contribution < -0.4 is 5.32 Å². The summed E-state index contributed by atoms with van der Waals surface area (Å²) in [4.78, 5) is 33.4. The molecule has 3 fully saturated rings. The highest BCUT2D eigenvalue weighted by Gasteiger charge is 2.74. The van der Waals surface area contributed by atoms with E-state index >= 15 is 0 Å². The van der Waals surface area contributed by atoms with Gasteiger partial charge >= 0.3 is 0 Å². The van der Waals surface area contributed by atoms with E-state index in [1.807, 2.05) is 42.5 Å². The molecule has 0 radical (unpaired) electrons. The van der Waals surface area contributed by atoms with E-state index in [-0.39, 0.29) is 17.7 Å². The maximum Gasteiger partial charge on any atom is 0.277 e. The molecule has 35 heavy (non-hydrogen) atoms. The number of hydrogen-bond donors (Lipinski definition) is 1. The molecule has 4 aliphatic rings. The minimum atomic E-state index is -1.08. The Labute approximate surface area is 205 Å². The Balaban J connectivity index is 1.41. The van der Waals surface area contributed by atoms with Crippen LogP contribution in [-0.4, -0.2) is 47.5 Å². The molecule has 6 rings (SSSR count). The zero-order valence-corrected chi connectivity index (χ0v) is 19.7. The van der Waals surface area contributed by atoms with Gasteiger partial charge in [-0.05, 0) is 49.1 Å². The fraction of sp³-hybridized carbons (Fsp3) is 0.429. The maximum atomic E-state index is 13.7. The third kappa shape index (κ3) is 3.61. The van der Waals surface area contributed by atoms with Crippen LogP contribution in [0, 0.1) is 5.92 Å². The molecule has 2 bridgehead atoms. The molecule has 2 heterocycles. The van der Waals surface area contributed by atoms with Crippen LogP contribution in [0.15, 0.2) is 72.4 Å². The number of ether oxygens (including phenoxy) is 2. The Morgan fingerprint density at radius 2 is 1.49 bits per heavy atom. The SMILES string of the molecule is O=C(NC1=CC2(C3CCCCC3)ON(C(=O)c3ccccc3)C(C1)C21OCCO1)c1ccccc1. The average molecular weight is 475 g/mol. The third-order valence-electron chi connectivity index (χ3n) is 7.78. The van der Waals surface area contributed by atoms with Gasteiger partial charge in [0.1, 0.15) is 6.04 Å². The van der Waals surface area contributed by atoms with Gasteiger partial charge in [0, 0.05) is 23.2 Å². The van der Waals surface area contributed by atoms with Crippen LogP contribution in [0.4, 0.5) is 0 Å². The molecule has 1 spiro atoms. The summed E-state index contributed by atoms with van der Waals surface area (Å²) in [5.74, 6) is -1.38. The summed E-state index contributed by atoms with van der Waals surface area (Å²) in [5.41, 5.74) is 0.875. The Kier molecular flexibility index (Phi) is 5.71. The highest BCUT2D eigenvalue weighted by atomic mass is 16.8. The van der Waals surface area contributed by atoms with Gasteiger partial charge in [0.15, 0.2) is 5.60 Å². The van der Waals surface area contributed by atoms with Crippen molar-refractivity contribution in [2.45, 2.75) is 56.0 Å². The molecule has 2 unspecified atom stereocenters. The zero-order valence-electron chi connectivity index (χ0n) is 19.7. The number of amides is 2. The Morgan fingerprint density at radius 3 is 2.14 bits per heavy atom. The van der Waals surface area contributed by atoms with Crippen molar-refractivity contribution >= 4 is 11.8 Å². The molecule has 2 aliphatic carbocycles. The van der Waals surface area contributed by atoms with Gasteiger partial charge < -0.3 is 14.8 Å². The van der Waals surface area contributed by atoms with Crippen LogP contribution in [0.25, 0.3) is 0 Å². The van der Waals surface area contributed by atoms with Crippen molar-refractivity contribution in [2.75, 3.05) is 13.2 Å². The predicted molar refractivity (Wildman–Crippen MR) is 128 cm³/mol. The second-order valence-electron chi connectivity index (χ2n) is 9.79. The number of carbonyl (C=O) groups is 2. The fourth-order valence-electron chi connectivity index (χ4n) is 6.22. The standard InChI is InChI=1S/C28H30N2O5/c31-25(20-10-4-1-5-11-20)29-23-18-24-28(33-16-17-34-28)27(19-23,22-14-8-3-9-15-22)35-30(24)26(32)21-12-6-2-7-13-21/h1-2,4-7,10-13,19,22,24H,3,8-9,14-18H2,(H,29,31). The summed E-state index contributed by atoms with van der Waals surface area (Å²) in [5, 5.41) is 4.56. The molecule has 7 nitrogen and oxygen atoms in total. The minimum absolute atomic E-state index is 0.106. The van der Waals surface area contributed by atoms with Crippen LogP contribution in [0.2, 0.25) is 0 Å². The van der Waals surface area contributed by atoms with Crippen molar-refractivity contribution in [1.29, 1.82) is 0 Å². The first-order valence-electron chi connectivity index (χ1n) is 12.6. The molecule has 2 saturated heterocycles. The van der Waals surface area contributed by atoms with Crippen LogP contribution >= 0.6 is 0 Å². The average Bonchev–Trinajstić information content (AvgIpc) is 3.45. The van der Waals surface area contributed by atoms with Crippen LogP contribution in [0.5, 0.6) is 0 Å². The lowest BCUT2D eigenvalue weighted by molar-refractivity contribution is -0.258.